The number of amides is 1. The first-order valence-electron chi connectivity index (χ1n) is 18.2. The Morgan fingerprint density at radius 2 is 1.69 bits per heavy atom. The number of aliphatic hydroxyl groups is 4. The van der Waals surface area contributed by atoms with Gasteiger partial charge in [-0.05, 0) is 101 Å². The number of nitrogens with zero attached hydrogens (tertiary/aromatic N) is 1. The highest BCUT2D eigenvalue weighted by Gasteiger charge is 2.53. The first-order chi connectivity index (χ1) is 22.8. The van der Waals surface area contributed by atoms with Crippen LogP contribution < -0.4 is 0 Å². The van der Waals surface area contributed by atoms with Crippen LogP contribution in [0.4, 0.5) is 0 Å². The van der Waals surface area contributed by atoms with E-state index in [1.54, 1.807) is 19.9 Å². The maximum Gasteiger partial charge on any atom is 0.329 e. The zero-order chi connectivity index (χ0) is 35.0. The molecule has 2 saturated heterocycles. The highest BCUT2D eigenvalue weighted by Crippen LogP contribution is 2.37. The average Bonchev–Trinajstić information content (AvgIpc) is 3.08. The van der Waals surface area contributed by atoms with Crippen molar-refractivity contribution >= 4 is 23.4 Å². The predicted molar refractivity (Wildman–Crippen MR) is 177 cm³/mol. The average molecular weight is 676 g/mol. The van der Waals surface area contributed by atoms with Gasteiger partial charge in [0, 0.05) is 30.9 Å². The monoisotopic (exact) mass is 675 g/mol. The van der Waals surface area contributed by atoms with E-state index < -0.39 is 65.7 Å². The molecular weight excluding hydrogens is 618 g/mol. The van der Waals surface area contributed by atoms with Gasteiger partial charge in [0.05, 0.1) is 18.3 Å². The summed E-state index contributed by atoms with van der Waals surface area (Å²) in [6, 6.07) is -1.01. The standard InChI is InChI=1S/C37H57NO10/c1-23(20-27-14-16-30(41)31(42)21-27)32-18-15-26(22-39)10-6-4-5-7-12-29(40)25(3)33-17-13-24(2)37(46,48-33)34(43)35(44)38-19-9-8-11-28(38)36(45)47-32/h6-7,10,12,23-28,30-33,39,41-42,46H,4-5,8-9,11,13-22H2,1-3H3/b10-6-,12-7-/t23-,24-,25+,26-,27+,28+,30-,31-,32+,33+,37-/m1/s1. The third-order valence-electron chi connectivity index (χ3n) is 11.2. The van der Waals surface area contributed by atoms with Gasteiger partial charge >= 0.3 is 5.97 Å². The number of ether oxygens (including phenoxy) is 2. The first kappa shape index (κ1) is 38.4. The molecule has 4 rings (SSSR count). The largest absolute Gasteiger partial charge is 0.461 e. The molecule has 1 saturated carbocycles. The minimum Gasteiger partial charge on any atom is -0.461 e. The molecule has 0 aromatic heterocycles. The number of ketones is 2. The number of cyclic esters (lactones) is 1. The molecule has 3 heterocycles. The molecule has 270 valence electrons. The molecule has 3 fully saturated rings. The smallest absolute Gasteiger partial charge is 0.329 e. The van der Waals surface area contributed by atoms with Gasteiger partial charge < -0.3 is 34.8 Å². The molecule has 11 heteroatoms. The molecule has 3 aliphatic heterocycles. The molecule has 1 amide bonds. The van der Waals surface area contributed by atoms with E-state index in [9.17, 15) is 39.6 Å². The zero-order valence-corrected chi connectivity index (χ0v) is 28.9. The van der Waals surface area contributed by atoms with Gasteiger partial charge in [0.1, 0.15) is 12.1 Å². The third kappa shape index (κ3) is 9.41. The number of esters is 1. The second-order valence-electron chi connectivity index (χ2n) is 14.8. The lowest BCUT2D eigenvalue weighted by molar-refractivity contribution is -0.268. The summed E-state index contributed by atoms with van der Waals surface area (Å²) >= 11 is 0. The number of Topliss-reactive ketones (excluding diaryl/α,β-unsaturated/α-hetero) is 1. The maximum absolute atomic E-state index is 13.9. The molecule has 0 unspecified atom stereocenters. The van der Waals surface area contributed by atoms with Gasteiger partial charge in [0.2, 0.25) is 5.79 Å². The van der Waals surface area contributed by atoms with Crippen molar-refractivity contribution in [3.8, 4) is 0 Å². The topological polar surface area (TPSA) is 171 Å². The fraction of sp³-hybridized carbons (Fsp3) is 0.784. The lowest BCUT2D eigenvalue weighted by Crippen LogP contribution is -2.61. The molecule has 0 aromatic carbocycles. The van der Waals surface area contributed by atoms with Crippen LogP contribution in [0.25, 0.3) is 0 Å². The van der Waals surface area contributed by atoms with Crippen LogP contribution in [-0.2, 0) is 28.7 Å². The van der Waals surface area contributed by atoms with Gasteiger partial charge in [-0.2, -0.15) is 0 Å². The number of hydrogen-bond donors (Lipinski definition) is 4. The summed E-state index contributed by atoms with van der Waals surface area (Å²) in [7, 11) is 0. The van der Waals surface area contributed by atoms with Crippen LogP contribution in [0.15, 0.2) is 24.3 Å². The van der Waals surface area contributed by atoms with E-state index in [-0.39, 0.29) is 36.7 Å². The highest BCUT2D eigenvalue weighted by molar-refractivity contribution is 6.39. The summed E-state index contributed by atoms with van der Waals surface area (Å²) in [4.78, 5) is 55.7. The lowest BCUT2D eigenvalue weighted by atomic mass is 9.78. The Hall–Kier alpha value is -2.44. The van der Waals surface area contributed by atoms with Crippen molar-refractivity contribution in [1.82, 2.24) is 4.90 Å². The van der Waals surface area contributed by atoms with E-state index in [0.29, 0.717) is 77.0 Å². The van der Waals surface area contributed by atoms with Crippen molar-refractivity contribution in [1.29, 1.82) is 0 Å². The Balaban J connectivity index is 1.61. The Kier molecular flexibility index (Phi) is 14.0. The minimum atomic E-state index is -2.43. The molecule has 11 atom stereocenters. The second kappa shape index (κ2) is 17.5. The summed E-state index contributed by atoms with van der Waals surface area (Å²) in [5.41, 5.74) is 0. The van der Waals surface area contributed by atoms with Crippen molar-refractivity contribution in [2.75, 3.05) is 13.2 Å². The maximum atomic E-state index is 13.9. The molecular formula is C37H57NO10. The van der Waals surface area contributed by atoms with Crippen LogP contribution >= 0.6 is 0 Å². The fourth-order valence-electron chi connectivity index (χ4n) is 7.79. The van der Waals surface area contributed by atoms with Crippen LogP contribution in [-0.4, -0.2) is 98.2 Å². The van der Waals surface area contributed by atoms with E-state index in [4.69, 9.17) is 9.47 Å². The van der Waals surface area contributed by atoms with Gasteiger partial charge in [-0.25, -0.2) is 4.79 Å². The highest BCUT2D eigenvalue weighted by atomic mass is 16.6. The SMILES string of the molecule is C[C@H](C[C@@H]1CC[C@@H](O)[C@H](O)C1)[C@@H]1CC[C@H](CO)/C=C\CC/C=C\C(=O)[C@H](C)[C@@H]2CC[C@@H](C)[C@@](O)(O2)C(=O)C(=O)N2CCCC[C@H]2C(=O)O1. The Morgan fingerprint density at radius 1 is 0.938 bits per heavy atom. The van der Waals surface area contributed by atoms with Crippen LogP contribution in [0, 0.1) is 29.6 Å². The predicted octanol–water partition coefficient (Wildman–Crippen LogP) is 3.40. The number of carbonyl (C=O) groups excluding carboxylic acids is 4. The van der Waals surface area contributed by atoms with Gasteiger partial charge in [-0.1, -0.05) is 39.0 Å². The van der Waals surface area contributed by atoms with Crippen molar-refractivity contribution in [3.05, 3.63) is 24.3 Å². The third-order valence-corrected chi connectivity index (χ3v) is 11.2. The first-order valence-corrected chi connectivity index (χ1v) is 18.2. The summed E-state index contributed by atoms with van der Waals surface area (Å²) in [5, 5.41) is 42.0. The second-order valence-corrected chi connectivity index (χ2v) is 14.8. The molecule has 0 radical (unpaired) electrons. The molecule has 2 bridgehead atoms. The molecule has 4 N–H and O–H groups in total. The number of aliphatic hydroxyl groups excluding tert-OH is 3. The lowest BCUT2D eigenvalue weighted by Gasteiger charge is -2.43. The normalized spacial score (nSPS) is 40.2. The molecule has 48 heavy (non-hydrogen) atoms. The molecule has 0 spiro atoms. The van der Waals surface area contributed by atoms with E-state index in [1.807, 2.05) is 19.1 Å². The summed E-state index contributed by atoms with van der Waals surface area (Å²) in [6.45, 7) is 5.39. The Labute approximate surface area is 284 Å². The number of carbonyl (C=O) groups is 4. The fourth-order valence-corrected chi connectivity index (χ4v) is 7.79. The molecule has 0 aromatic rings. The molecule has 11 nitrogen and oxygen atoms in total. The van der Waals surface area contributed by atoms with Gasteiger partial charge in [0.15, 0.2) is 5.78 Å². The van der Waals surface area contributed by atoms with Crippen LogP contribution in [0.1, 0.15) is 104 Å². The van der Waals surface area contributed by atoms with Gasteiger partial charge in [-0.15, -0.1) is 0 Å². The quantitative estimate of drug-likeness (QED) is 0.197. The van der Waals surface area contributed by atoms with Crippen LogP contribution in [0.2, 0.25) is 0 Å². The Morgan fingerprint density at radius 3 is 2.42 bits per heavy atom. The number of rotatable bonds is 4. The Bertz CT molecular complexity index is 1190. The van der Waals surface area contributed by atoms with Gasteiger partial charge in [0.25, 0.3) is 11.7 Å². The van der Waals surface area contributed by atoms with Crippen molar-refractivity contribution < 1.29 is 49.1 Å². The van der Waals surface area contributed by atoms with Crippen molar-refractivity contribution in [2.24, 2.45) is 29.6 Å². The van der Waals surface area contributed by atoms with E-state index in [0.717, 1.165) is 6.42 Å². The molecule has 4 aliphatic rings. The van der Waals surface area contributed by atoms with Crippen LogP contribution in [0.3, 0.4) is 0 Å². The van der Waals surface area contributed by atoms with Crippen LogP contribution in [0.5, 0.6) is 0 Å². The van der Waals surface area contributed by atoms with Crippen molar-refractivity contribution in [3.63, 3.8) is 0 Å². The van der Waals surface area contributed by atoms with E-state index in [2.05, 4.69) is 0 Å². The summed E-state index contributed by atoms with van der Waals surface area (Å²) in [5.74, 6) is -6.86. The summed E-state index contributed by atoms with van der Waals surface area (Å²) in [6.07, 6.45) is 11.4. The van der Waals surface area contributed by atoms with E-state index in [1.165, 1.54) is 11.0 Å². The zero-order valence-electron chi connectivity index (χ0n) is 28.9. The number of allylic oxidation sites excluding steroid dienone is 3. The minimum absolute atomic E-state index is 0.0835. The van der Waals surface area contributed by atoms with Crippen molar-refractivity contribution in [2.45, 2.75) is 140 Å². The van der Waals surface area contributed by atoms with E-state index >= 15 is 0 Å². The summed E-state index contributed by atoms with van der Waals surface area (Å²) < 4.78 is 12.1. The molecule has 1 aliphatic carbocycles. The number of piperidine rings is 1. The number of fused-ring (bicyclic) bond motifs is 3. The number of hydrogen-bond acceptors (Lipinski definition) is 10. The van der Waals surface area contributed by atoms with Gasteiger partial charge in [-0.3, -0.25) is 14.4 Å².